The van der Waals surface area contributed by atoms with Crippen molar-refractivity contribution in [1.82, 2.24) is 19.9 Å². The smallest absolute Gasteiger partial charge is 0.225 e. The Morgan fingerprint density at radius 2 is 1.87 bits per heavy atom. The monoisotopic (exact) mass is 419 g/mol. The molecule has 0 radical (unpaired) electrons. The van der Waals surface area contributed by atoms with Crippen LogP contribution in [0, 0.1) is 0 Å². The van der Waals surface area contributed by atoms with Gasteiger partial charge in [0.25, 0.3) is 0 Å². The third-order valence-corrected chi connectivity index (χ3v) is 5.04. The average molecular weight is 420 g/mol. The van der Waals surface area contributed by atoms with Gasteiger partial charge in [-0.05, 0) is 50.5 Å². The maximum absolute atomic E-state index is 5.44. The number of ether oxygens (including phenoxy) is 1. The van der Waals surface area contributed by atoms with E-state index >= 15 is 0 Å². The first kappa shape index (κ1) is 21.0. The maximum Gasteiger partial charge on any atom is 0.225 e. The van der Waals surface area contributed by atoms with Gasteiger partial charge < -0.3 is 25.2 Å². The zero-order valence-corrected chi connectivity index (χ0v) is 18.1. The molecule has 8 nitrogen and oxygen atoms in total. The lowest BCUT2D eigenvalue weighted by molar-refractivity contribution is 0.122. The van der Waals surface area contributed by atoms with E-state index in [0.717, 1.165) is 62.2 Å². The van der Waals surface area contributed by atoms with Crippen molar-refractivity contribution in [1.29, 1.82) is 0 Å². The molecule has 0 spiro atoms. The molecule has 2 N–H and O–H groups in total. The Hall–Kier alpha value is -3.23. The van der Waals surface area contributed by atoms with Crippen LogP contribution in [0.15, 0.2) is 54.9 Å². The summed E-state index contributed by atoms with van der Waals surface area (Å²) in [6.07, 6.45) is 3.57. The van der Waals surface area contributed by atoms with E-state index < -0.39 is 0 Å². The van der Waals surface area contributed by atoms with Crippen LogP contribution in [0.1, 0.15) is 0 Å². The number of hydrogen-bond acceptors (Lipinski definition) is 8. The minimum absolute atomic E-state index is 0.593. The van der Waals surface area contributed by atoms with E-state index in [-0.39, 0.29) is 0 Å². The van der Waals surface area contributed by atoms with E-state index in [9.17, 15) is 0 Å². The van der Waals surface area contributed by atoms with Crippen molar-refractivity contribution in [3.05, 3.63) is 54.9 Å². The number of pyridine rings is 1. The molecule has 0 aliphatic carbocycles. The van der Waals surface area contributed by atoms with Crippen LogP contribution in [-0.4, -0.2) is 73.3 Å². The Labute approximate surface area is 183 Å². The van der Waals surface area contributed by atoms with Crippen molar-refractivity contribution in [3.63, 3.8) is 0 Å². The fourth-order valence-electron chi connectivity index (χ4n) is 3.37. The van der Waals surface area contributed by atoms with Gasteiger partial charge in [0.15, 0.2) is 0 Å². The summed E-state index contributed by atoms with van der Waals surface area (Å²) in [5.74, 6) is 1.33. The number of hydrogen-bond donors (Lipinski definition) is 2. The summed E-state index contributed by atoms with van der Waals surface area (Å²) in [5, 5.41) is 6.74. The van der Waals surface area contributed by atoms with Crippen LogP contribution < -0.4 is 15.5 Å². The second-order valence-corrected chi connectivity index (χ2v) is 7.71. The van der Waals surface area contributed by atoms with E-state index in [4.69, 9.17) is 4.74 Å². The van der Waals surface area contributed by atoms with Crippen LogP contribution in [0.2, 0.25) is 0 Å². The highest BCUT2D eigenvalue weighted by Gasteiger charge is 2.11. The molecule has 1 aliphatic rings. The quantitative estimate of drug-likeness (QED) is 0.577. The number of benzene rings is 1. The summed E-state index contributed by atoms with van der Waals surface area (Å²) < 4.78 is 5.44. The second kappa shape index (κ2) is 10.2. The van der Waals surface area contributed by atoms with Crippen molar-refractivity contribution in [3.8, 4) is 11.3 Å². The summed E-state index contributed by atoms with van der Waals surface area (Å²) in [6, 6.07) is 14.3. The van der Waals surface area contributed by atoms with Crippen LogP contribution in [0.25, 0.3) is 11.3 Å². The summed E-state index contributed by atoms with van der Waals surface area (Å²) in [6.45, 7) is 5.07. The number of nitrogens with zero attached hydrogens (tertiary/aromatic N) is 5. The van der Waals surface area contributed by atoms with Crippen molar-refractivity contribution < 1.29 is 4.74 Å². The first-order chi connectivity index (χ1) is 15.2. The summed E-state index contributed by atoms with van der Waals surface area (Å²) in [7, 11) is 4.09. The highest BCUT2D eigenvalue weighted by molar-refractivity contribution is 5.67. The summed E-state index contributed by atoms with van der Waals surface area (Å²) in [4.78, 5) is 18.0. The number of nitrogens with one attached hydrogen (secondary N) is 2. The first-order valence-corrected chi connectivity index (χ1v) is 10.6. The zero-order valence-electron chi connectivity index (χ0n) is 18.1. The molecule has 162 valence electrons. The number of anilines is 4. The van der Waals surface area contributed by atoms with E-state index in [2.05, 4.69) is 59.7 Å². The molecule has 2 aromatic heterocycles. The molecule has 3 heterocycles. The number of rotatable bonds is 8. The Bertz CT molecular complexity index is 957. The van der Waals surface area contributed by atoms with E-state index in [1.54, 1.807) is 6.20 Å². The molecule has 31 heavy (non-hydrogen) atoms. The van der Waals surface area contributed by atoms with Crippen LogP contribution in [0.5, 0.6) is 0 Å². The summed E-state index contributed by atoms with van der Waals surface area (Å²) >= 11 is 0. The lowest BCUT2D eigenvalue weighted by Gasteiger charge is -2.28. The predicted molar refractivity (Wildman–Crippen MR) is 125 cm³/mol. The van der Waals surface area contributed by atoms with Crippen molar-refractivity contribution in [2.45, 2.75) is 0 Å². The predicted octanol–water partition coefficient (Wildman–Crippen LogP) is 3.09. The molecule has 0 saturated carbocycles. The van der Waals surface area contributed by atoms with Gasteiger partial charge >= 0.3 is 0 Å². The molecule has 0 unspecified atom stereocenters. The molecular weight excluding hydrogens is 390 g/mol. The van der Waals surface area contributed by atoms with Crippen molar-refractivity contribution in [2.75, 3.05) is 69.0 Å². The maximum atomic E-state index is 5.44. The van der Waals surface area contributed by atoms with Gasteiger partial charge in [-0.25, -0.2) is 4.98 Å². The Morgan fingerprint density at radius 3 is 2.58 bits per heavy atom. The topological polar surface area (TPSA) is 78.4 Å². The van der Waals surface area contributed by atoms with Gasteiger partial charge in [0, 0.05) is 61.6 Å². The van der Waals surface area contributed by atoms with Crippen molar-refractivity contribution >= 4 is 23.1 Å². The average Bonchev–Trinajstić information content (AvgIpc) is 2.80. The van der Waals surface area contributed by atoms with Crippen LogP contribution in [0.3, 0.4) is 0 Å². The molecule has 0 amide bonds. The number of likely N-dealkylation sites (N-methyl/N-ethyl adjacent to an activating group) is 1. The highest BCUT2D eigenvalue weighted by atomic mass is 16.5. The molecule has 1 fully saturated rings. The largest absolute Gasteiger partial charge is 0.378 e. The van der Waals surface area contributed by atoms with Gasteiger partial charge in [0.2, 0.25) is 5.95 Å². The van der Waals surface area contributed by atoms with Gasteiger partial charge in [0.05, 0.1) is 18.9 Å². The molecule has 1 aliphatic heterocycles. The standard InChI is InChI=1S/C23H29N7O/c1-29(2)11-10-25-23-27-21(18-4-3-9-24-17-18)16-22(28-23)26-19-5-7-20(8-6-19)30-12-14-31-15-13-30/h3-9,16-17H,10-15H2,1-2H3,(H2,25,26,27,28). The minimum Gasteiger partial charge on any atom is -0.378 e. The van der Waals surface area contributed by atoms with E-state index in [1.165, 1.54) is 5.69 Å². The number of morpholine rings is 1. The molecule has 0 bridgehead atoms. The van der Waals surface area contributed by atoms with Crippen molar-refractivity contribution in [2.24, 2.45) is 0 Å². The van der Waals surface area contributed by atoms with Crippen LogP contribution >= 0.6 is 0 Å². The van der Waals surface area contributed by atoms with Gasteiger partial charge in [-0.1, -0.05) is 0 Å². The van der Waals surface area contributed by atoms with Gasteiger partial charge in [-0.2, -0.15) is 4.98 Å². The third kappa shape index (κ3) is 5.90. The molecule has 1 saturated heterocycles. The Morgan fingerprint density at radius 1 is 1.06 bits per heavy atom. The first-order valence-electron chi connectivity index (χ1n) is 10.6. The van der Waals surface area contributed by atoms with Gasteiger partial charge in [-0.15, -0.1) is 0 Å². The highest BCUT2D eigenvalue weighted by Crippen LogP contribution is 2.25. The third-order valence-electron chi connectivity index (χ3n) is 5.04. The number of aromatic nitrogens is 3. The van der Waals surface area contributed by atoms with E-state index in [1.807, 2.05) is 38.5 Å². The summed E-state index contributed by atoms with van der Waals surface area (Å²) in [5.41, 5.74) is 3.96. The normalized spacial score (nSPS) is 14.0. The van der Waals surface area contributed by atoms with E-state index in [0.29, 0.717) is 5.95 Å². The Balaban J connectivity index is 1.53. The van der Waals surface area contributed by atoms with Crippen LogP contribution in [0.4, 0.5) is 23.1 Å². The zero-order chi connectivity index (χ0) is 21.5. The minimum atomic E-state index is 0.593. The lowest BCUT2D eigenvalue weighted by Crippen LogP contribution is -2.36. The second-order valence-electron chi connectivity index (χ2n) is 7.71. The fourth-order valence-corrected chi connectivity index (χ4v) is 3.37. The molecule has 4 rings (SSSR count). The molecule has 1 aromatic carbocycles. The fraction of sp³-hybridized carbons (Fsp3) is 0.348. The Kier molecular flexibility index (Phi) is 6.91. The molecular formula is C23H29N7O. The molecule has 8 heteroatoms. The van der Waals surface area contributed by atoms with Gasteiger partial charge in [0.1, 0.15) is 5.82 Å². The SMILES string of the molecule is CN(C)CCNc1nc(Nc2ccc(N3CCOCC3)cc2)cc(-c2cccnc2)n1. The van der Waals surface area contributed by atoms with Gasteiger partial charge in [-0.3, -0.25) is 4.98 Å². The van der Waals surface area contributed by atoms with Crippen LogP contribution in [-0.2, 0) is 4.74 Å². The molecule has 3 aromatic rings. The molecule has 0 atom stereocenters. The lowest BCUT2D eigenvalue weighted by atomic mass is 10.2.